The summed E-state index contributed by atoms with van der Waals surface area (Å²) < 4.78 is 65.3. The lowest BCUT2D eigenvalue weighted by Crippen LogP contribution is -2.47. The molecule has 1 aliphatic rings. The number of piperidine rings is 1. The summed E-state index contributed by atoms with van der Waals surface area (Å²) in [7, 11) is 4.09. The fraction of sp³-hybridized carbons (Fsp3) is 0.737. The van der Waals surface area contributed by atoms with Gasteiger partial charge in [-0.3, -0.25) is 9.58 Å². The van der Waals surface area contributed by atoms with Crippen molar-refractivity contribution in [2.75, 3.05) is 26.7 Å². The molecule has 0 amide bonds. The van der Waals surface area contributed by atoms with Crippen molar-refractivity contribution in [2.45, 2.75) is 51.3 Å². The summed E-state index contributed by atoms with van der Waals surface area (Å²) in [6, 6.07) is 0.467. The lowest BCUT2D eigenvalue weighted by Gasteiger charge is -2.38. The van der Waals surface area contributed by atoms with Crippen LogP contribution < -0.4 is 0 Å². The number of carbonyl (C=O) groups is 2. The van der Waals surface area contributed by atoms with Crippen molar-refractivity contribution in [3.63, 3.8) is 0 Å². The highest BCUT2D eigenvalue weighted by Gasteiger charge is 2.38. The first-order valence-corrected chi connectivity index (χ1v) is 10.0. The minimum absolute atomic E-state index is 0.165. The van der Waals surface area contributed by atoms with Gasteiger partial charge in [-0.05, 0) is 27.3 Å². The molecule has 198 valence electrons. The molecule has 0 aliphatic carbocycles. The van der Waals surface area contributed by atoms with Crippen molar-refractivity contribution in [3.8, 4) is 0 Å². The normalized spacial score (nSPS) is 19.2. The number of aryl methyl sites for hydroxylation is 1. The van der Waals surface area contributed by atoms with Gasteiger partial charge in [0.25, 0.3) is 0 Å². The Kier molecular flexibility index (Phi) is 12.5. The van der Waals surface area contributed by atoms with Crippen LogP contribution in [0.1, 0.15) is 25.8 Å². The Morgan fingerprint density at radius 2 is 1.59 bits per heavy atom. The molecule has 0 aromatic carbocycles. The second-order valence-corrected chi connectivity index (χ2v) is 8.03. The van der Waals surface area contributed by atoms with Crippen LogP contribution in [0.4, 0.5) is 26.3 Å². The molecular formula is C19H30F6N4O5. The Morgan fingerprint density at radius 3 is 1.94 bits per heavy atom. The zero-order valence-electron chi connectivity index (χ0n) is 19.1. The minimum atomic E-state index is -5.08. The van der Waals surface area contributed by atoms with Gasteiger partial charge >= 0.3 is 24.3 Å². The zero-order chi connectivity index (χ0) is 26.9. The Balaban J connectivity index is 0.000000642. The second-order valence-electron chi connectivity index (χ2n) is 8.03. The quantitative estimate of drug-likeness (QED) is 0.518. The van der Waals surface area contributed by atoms with E-state index < -0.39 is 24.3 Å². The summed E-state index contributed by atoms with van der Waals surface area (Å²) >= 11 is 0. The maximum Gasteiger partial charge on any atom is 0.490 e. The van der Waals surface area contributed by atoms with Gasteiger partial charge in [0.15, 0.2) is 0 Å². The number of aliphatic hydroxyl groups is 1. The molecule has 0 saturated carbocycles. The van der Waals surface area contributed by atoms with E-state index in [9.17, 15) is 31.4 Å². The lowest BCUT2D eigenvalue weighted by atomic mass is 9.94. The van der Waals surface area contributed by atoms with Crippen molar-refractivity contribution in [3.05, 3.63) is 18.0 Å². The molecule has 2 atom stereocenters. The smallest absolute Gasteiger partial charge is 0.475 e. The number of likely N-dealkylation sites (tertiary alicyclic amines) is 1. The standard InChI is InChI=1S/C15H28N4O.2C2HF3O2/c1-12(2)19(9-13-7-16-18(4)8-13)11-14-10-17(3)6-5-15(14)20;2*3-2(4,5)1(6)7/h7-8,12,14-15,20H,5-6,9-11H2,1-4H3;2*(H,6,7)/t14-,15+;;/m0../s1. The van der Waals surface area contributed by atoms with Crippen molar-refractivity contribution < 1.29 is 51.3 Å². The zero-order valence-corrected chi connectivity index (χ0v) is 19.1. The van der Waals surface area contributed by atoms with E-state index in [2.05, 4.69) is 42.0 Å². The molecule has 2 rings (SSSR count). The number of rotatable bonds is 5. The maximum absolute atomic E-state index is 10.6. The topological polar surface area (TPSA) is 119 Å². The lowest BCUT2D eigenvalue weighted by molar-refractivity contribution is -0.193. The van der Waals surface area contributed by atoms with Crippen LogP contribution in [0.5, 0.6) is 0 Å². The molecule has 1 aromatic rings. The molecule has 3 N–H and O–H groups in total. The number of aromatic nitrogens is 2. The van der Waals surface area contributed by atoms with E-state index in [1.807, 2.05) is 17.9 Å². The van der Waals surface area contributed by atoms with Gasteiger partial charge in [0.2, 0.25) is 0 Å². The first-order chi connectivity index (χ1) is 15.3. The number of nitrogens with zero attached hydrogens (tertiary/aromatic N) is 4. The summed E-state index contributed by atoms with van der Waals surface area (Å²) in [4.78, 5) is 22.5. The molecule has 34 heavy (non-hydrogen) atoms. The average molecular weight is 508 g/mol. The highest BCUT2D eigenvalue weighted by molar-refractivity contribution is 5.73. The summed E-state index contributed by atoms with van der Waals surface area (Å²) in [5.74, 6) is -5.17. The number of carboxylic acids is 2. The van der Waals surface area contributed by atoms with Crippen molar-refractivity contribution in [2.24, 2.45) is 13.0 Å². The summed E-state index contributed by atoms with van der Waals surface area (Å²) in [5, 5.41) is 28.7. The third-order valence-corrected chi connectivity index (χ3v) is 4.73. The predicted octanol–water partition coefficient (Wildman–Crippen LogP) is 2.21. The van der Waals surface area contributed by atoms with Gasteiger partial charge in [-0.25, -0.2) is 9.59 Å². The largest absolute Gasteiger partial charge is 0.490 e. The van der Waals surface area contributed by atoms with Crippen LogP contribution in [-0.4, -0.2) is 98.0 Å². The molecule has 1 aliphatic heterocycles. The summed E-state index contributed by atoms with van der Waals surface area (Å²) in [6.07, 6.45) is -5.45. The highest BCUT2D eigenvalue weighted by Crippen LogP contribution is 2.20. The van der Waals surface area contributed by atoms with Crippen LogP contribution >= 0.6 is 0 Å². The fourth-order valence-corrected chi connectivity index (χ4v) is 2.93. The van der Waals surface area contributed by atoms with E-state index in [1.165, 1.54) is 5.56 Å². The van der Waals surface area contributed by atoms with Crippen LogP contribution in [-0.2, 0) is 23.2 Å². The molecule has 15 heteroatoms. The van der Waals surface area contributed by atoms with Gasteiger partial charge in [0, 0.05) is 56.9 Å². The number of carboxylic acid groups (broad SMARTS) is 2. The maximum atomic E-state index is 10.6. The SMILES string of the molecule is CC(C)N(Cc1cnn(C)c1)C[C@@H]1CN(C)CC[C@H]1O.O=C(O)C(F)(F)F.O=C(O)C(F)(F)F. The third kappa shape index (κ3) is 12.7. The van der Waals surface area contributed by atoms with Gasteiger partial charge in [-0.1, -0.05) is 0 Å². The van der Waals surface area contributed by atoms with Crippen molar-refractivity contribution in [1.82, 2.24) is 19.6 Å². The number of alkyl halides is 6. The molecule has 2 heterocycles. The van der Waals surface area contributed by atoms with Gasteiger partial charge in [0.1, 0.15) is 0 Å². The monoisotopic (exact) mass is 508 g/mol. The molecular weight excluding hydrogens is 478 g/mol. The van der Waals surface area contributed by atoms with E-state index in [1.54, 1.807) is 0 Å². The van der Waals surface area contributed by atoms with Crippen LogP contribution in [0.15, 0.2) is 12.4 Å². The number of hydrogen-bond donors (Lipinski definition) is 3. The van der Waals surface area contributed by atoms with Crippen molar-refractivity contribution >= 4 is 11.9 Å². The first-order valence-electron chi connectivity index (χ1n) is 10.0. The number of aliphatic carboxylic acids is 2. The molecule has 0 spiro atoms. The van der Waals surface area contributed by atoms with Crippen LogP contribution in [0.3, 0.4) is 0 Å². The van der Waals surface area contributed by atoms with Gasteiger partial charge in [0.05, 0.1) is 12.3 Å². The molecule has 1 saturated heterocycles. The summed E-state index contributed by atoms with van der Waals surface area (Å²) in [6.45, 7) is 8.26. The highest BCUT2D eigenvalue weighted by atomic mass is 19.4. The number of hydrogen-bond acceptors (Lipinski definition) is 6. The number of aliphatic hydroxyl groups excluding tert-OH is 1. The Labute approximate surface area is 192 Å². The number of halogens is 6. The molecule has 1 aromatic heterocycles. The van der Waals surface area contributed by atoms with Gasteiger partial charge in [-0.15, -0.1) is 0 Å². The van der Waals surface area contributed by atoms with Crippen LogP contribution in [0, 0.1) is 5.92 Å². The van der Waals surface area contributed by atoms with Crippen molar-refractivity contribution in [1.29, 1.82) is 0 Å². The molecule has 0 radical (unpaired) electrons. The molecule has 0 bridgehead atoms. The Bertz CT molecular complexity index is 745. The first kappa shape index (κ1) is 31.6. The average Bonchev–Trinajstić information content (AvgIpc) is 3.08. The third-order valence-electron chi connectivity index (χ3n) is 4.73. The van der Waals surface area contributed by atoms with E-state index in [4.69, 9.17) is 19.8 Å². The summed E-state index contributed by atoms with van der Waals surface area (Å²) in [5.41, 5.74) is 1.24. The van der Waals surface area contributed by atoms with Crippen LogP contribution in [0.25, 0.3) is 0 Å². The minimum Gasteiger partial charge on any atom is -0.475 e. The predicted molar refractivity (Wildman–Crippen MR) is 108 cm³/mol. The van der Waals surface area contributed by atoms with E-state index in [0.717, 1.165) is 32.6 Å². The molecule has 9 nitrogen and oxygen atoms in total. The Morgan fingerprint density at radius 1 is 1.12 bits per heavy atom. The van der Waals surface area contributed by atoms with E-state index >= 15 is 0 Å². The van der Waals surface area contributed by atoms with E-state index in [-0.39, 0.29) is 6.10 Å². The van der Waals surface area contributed by atoms with Crippen LogP contribution in [0.2, 0.25) is 0 Å². The second kappa shape index (κ2) is 13.5. The van der Waals surface area contributed by atoms with Gasteiger partial charge in [-0.2, -0.15) is 31.4 Å². The molecule has 0 unspecified atom stereocenters. The van der Waals surface area contributed by atoms with Gasteiger partial charge < -0.3 is 20.2 Å². The molecule has 1 fully saturated rings. The fourth-order valence-electron chi connectivity index (χ4n) is 2.93. The van der Waals surface area contributed by atoms with E-state index in [0.29, 0.717) is 12.0 Å². The Hall–Kier alpha value is -2.39.